The molecular formula is C18H25NOS. The molecular weight excluding hydrogens is 278 g/mol. The number of methoxy groups -OCH3 is 1. The number of aryl methyl sites for hydroxylation is 2. The second-order valence-corrected chi connectivity index (χ2v) is 6.75. The number of nitrogens with one attached hydrogen (secondary N) is 1. The van der Waals surface area contributed by atoms with Crippen molar-refractivity contribution < 1.29 is 4.74 Å². The van der Waals surface area contributed by atoms with Crippen LogP contribution in [0.4, 0.5) is 0 Å². The van der Waals surface area contributed by atoms with E-state index in [-0.39, 0.29) is 0 Å². The van der Waals surface area contributed by atoms with Crippen molar-refractivity contribution >= 4 is 11.3 Å². The average molecular weight is 303 g/mol. The van der Waals surface area contributed by atoms with Gasteiger partial charge < -0.3 is 10.1 Å². The number of rotatable bonds is 7. The van der Waals surface area contributed by atoms with Gasteiger partial charge in [0.1, 0.15) is 5.75 Å². The zero-order valence-electron chi connectivity index (χ0n) is 13.4. The average Bonchev–Trinajstić information content (AvgIpc) is 2.82. The normalized spacial score (nSPS) is 12.4. The molecule has 1 N–H and O–H groups in total. The van der Waals surface area contributed by atoms with Crippen molar-refractivity contribution in [1.29, 1.82) is 0 Å². The van der Waals surface area contributed by atoms with E-state index < -0.39 is 0 Å². The van der Waals surface area contributed by atoms with Gasteiger partial charge in [-0.05, 0) is 62.6 Å². The van der Waals surface area contributed by atoms with Crippen LogP contribution in [-0.4, -0.2) is 13.7 Å². The van der Waals surface area contributed by atoms with Gasteiger partial charge in [-0.3, -0.25) is 0 Å². The van der Waals surface area contributed by atoms with E-state index >= 15 is 0 Å². The van der Waals surface area contributed by atoms with Crippen LogP contribution in [-0.2, 0) is 6.42 Å². The molecule has 0 saturated carbocycles. The third-order valence-electron chi connectivity index (χ3n) is 3.61. The summed E-state index contributed by atoms with van der Waals surface area (Å²) in [4.78, 5) is 2.85. The molecule has 1 heterocycles. The van der Waals surface area contributed by atoms with E-state index in [9.17, 15) is 0 Å². The van der Waals surface area contributed by atoms with Crippen molar-refractivity contribution in [2.24, 2.45) is 0 Å². The summed E-state index contributed by atoms with van der Waals surface area (Å²) in [5, 5.41) is 3.70. The fourth-order valence-corrected chi connectivity index (χ4v) is 3.73. The van der Waals surface area contributed by atoms with Crippen molar-refractivity contribution in [2.45, 2.75) is 39.7 Å². The topological polar surface area (TPSA) is 21.3 Å². The first-order chi connectivity index (χ1) is 10.1. The zero-order valence-corrected chi connectivity index (χ0v) is 14.2. The molecule has 1 aromatic carbocycles. The fourth-order valence-electron chi connectivity index (χ4n) is 2.62. The summed E-state index contributed by atoms with van der Waals surface area (Å²) in [6.07, 6.45) is 2.15. The predicted octanol–water partition coefficient (Wildman–Crippen LogP) is 4.66. The van der Waals surface area contributed by atoms with Gasteiger partial charge in [-0.15, -0.1) is 11.3 Å². The minimum absolute atomic E-state index is 0.385. The van der Waals surface area contributed by atoms with Gasteiger partial charge in [-0.2, -0.15) is 0 Å². The van der Waals surface area contributed by atoms with Crippen LogP contribution in [0.3, 0.4) is 0 Å². The molecule has 0 fully saturated rings. The Morgan fingerprint density at radius 2 is 2.05 bits per heavy atom. The van der Waals surface area contributed by atoms with Crippen LogP contribution in [0.5, 0.6) is 5.75 Å². The van der Waals surface area contributed by atoms with E-state index in [2.05, 4.69) is 50.4 Å². The van der Waals surface area contributed by atoms with E-state index in [1.54, 1.807) is 7.11 Å². The monoisotopic (exact) mass is 303 g/mol. The Balaban J connectivity index is 2.21. The molecule has 114 valence electrons. The number of hydrogen-bond donors (Lipinski definition) is 1. The molecule has 2 nitrogen and oxygen atoms in total. The fraction of sp³-hybridized carbons (Fsp3) is 0.444. The molecule has 1 aromatic heterocycles. The first kappa shape index (κ1) is 16.1. The maximum Gasteiger partial charge on any atom is 0.119 e. The van der Waals surface area contributed by atoms with Crippen molar-refractivity contribution in [3.05, 3.63) is 51.2 Å². The minimum atomic E-state index is 0.385. The lowest BCUT2D eigenvalue weighted by molar-refractivity contribution is 0.414. The van der Waals surface area contributed by atoms with Gasteiger partial charge in [0.15, 0.2) is 0 Å². The highest BCUT2D eigenvalue weighted by Gasteiger charge is 2.16. The van der Waals surface area contributed by atoms with Crippen molar-refractivity contribution in [1.82, 2.24) is 5.32 Å². The van der Waals surface area contributed by atoms with Gasteiger partial charge in [0.05, 0.1) is 7.11 Å². The molecule has 0 spiro atoms. The Kier molecular flexibility index (Phi) is 5.83. The molecule has 0 amide bonds. The third kappa shape index (κ3) is 4.32. The van der Waals surface area contributed by atoms with Crippen LogP contribution in [0.1, 0.15) is 40.3 Å². The quantitative estimate of drug-likeness (QED) is 0.803. The molecule has 1 unspecified atom stereocenters. The molecule has 0 aliphatic heterocycles. The summed E-state index contributed by atoms with van der Waals surface area (Å²) >= 11 is 1.91. The Bertz CT molecular complexity index is 576. The molecule has 1 atom stereocenters. The SMILES string of the molecule is CCCNC(Cc1cccc(OC)c1)c1sc(C)cc1C. The summed E-state index contributed by atoms with van der Waals surface area (Å²) in [5.41, 5.74) is 2.71. The van der Waals surface area contributed by atoms with Gasteiger partial charge in [0.25, 0.3) is 0 Å². The molecule has 21 heavy (non-hydrogen) atoms. The van der Waals surface area contributed by atoms with Gasteiger partial charge in [0, 0.05) is 15.8 Å². The molecule has 0 saturated heterocycles. The number of ether oxygens (including phenoxy) is 1. The highest BCUT2D eigenvalue weighted by atomic mass is 32.1. The first-order valence-electron chi connectivity index (χ1n) is 7.57. The molecule has 0 bridgehead atoms. The standard InChI is InChI=1S/C18H25NOS/c1-5-9-19-17(18-13(2)10-14(3)21-18)12-15-7-6-8-16(11-15)20-4/h6-8,10-11,17,19H,5,9,12H2,1-4H3. The summed E-state index contributed by atoms with van der Waals surface area (Å²) in [5.74, 6) is 0.931. The second-order valence-electron chi connectivity index (χ2n) is 5.47. The van der Waals surface area contributed by atoms with Crippen LogP contribution >= 0.6 is 11.3 Å². The van der Waals surface area contributed by atoms with E-state index in [1.165, 1.54) is 20.9 Å². The maximum atomic E-state index is 5.33. The highest BCUT2D eigenvalue weighted by molar-refractivity contribution is 7.12. The molecule has 0 aliphatic rings. The third-order valence-corrected chi connectivity index (χ3v) is 4.88. The van der Waals surface area contributed by atoms with Crippen LogP contribution in [0, 0.1) is 13.8 Å². The van der Waals surface area contributed by atoms with Crippen molar-refractivity contribution in [3.8, 4) is 5.75 Å². The van der Waals surface area contributed by atoms with Gasteiger partial charge in [-0.1, -0.05) is 19.1 Å². The van der Waals surface area contributed by atoms with E-state index in [0.29, 0.717) is 6.04 Å². The van der Waals surface area contributed by atoms with Gasteiger partial charge >= 0.3 is 0 Å². The number of benzene rings is 1. The van der Waals surface area contributed by atoms with E-state index in [0.717, 1.165) is 25.1 Å². The Hall–Kier alpha value is -1.32. The number of thiophene rings is 1. The smallest absolute Gasteiger partial charge is 0.119 e. The number of hydrogen-bond acceptors (Lipinski definition) is 3. The summed E-state index contributed by atoms with van der Waals surface area (Å²) < 4.78 is 5.33. The maximum absolute atomic E-state index is 5.33. The molecule has 3 heteroatoms. The van der Waals surface area contributed by atoms with Crippen LogP contribution in [0.25, 0.3) is 0 Å². The Labute approximate surface area is 132 Å². The minimum Gasteiger partial charge on any atom is -0.497 e. The van der Waals surface area contributed by atoms with Gasteiger partial charge in [-0.25, -0.2) is 0 Å². The molecule has 2 rings (SSSR count). The predicted molar refractivity (Wildman–Crippen MR) is 91.5 cm³/mol. The lowest BCUT2D eigenvalue weighted by atomic mass is 10.0. The van der Waals surface area contributed by atoms with E-state index in [1.807, 2.05) is 17.4 Å². The Morgan fingerprint density at radius 1 is 1.24 bits per heavy atom. The largest absolute Gasteiger partial charge is 0.497 e. The summed E-state index contributed by atoms with van der Waals surface area (Å²) in [6, 6.07) is 11.0. The molecule has 0 aliphatic carbocycles. The summed E-state index contributed by atoms with van der Waals surface area (Å²) in [7, 11) is 1.72. The molecule has 2 aromatic rings. The summed E-state index contributed by atoms with van der Waals surface area (Å²) in [6.45, 7) is 7.65. The van der Waals surface area contributed by atoms with Crippen molar-refractivity contribution in [2.75, 3.05) is 13.7 Å². The second kappa shape index (κ2) is 7.62. The zero-order chi connectivity index (χ0) is 15.2. The van der Waals surface area contributed by atoms with Gasteiger partial charge in [0.2, 0.25) is 0 Å². The lowest BCUT2D eigenvalue weighted by Crippen LogP contribution is -2.23. The highest BCUT2D eigenvalue weighted by Crippen LogP contribution is 2.30. The van der Waals surface area contributed by atoms with Crippen molar-refractivity contribution in [3.63, 3.8) is 0 Å². The van der Waals surface area contributed by atoms with Crippen LogP contribution in [0.2, 0.25) is 0 Å². The Morgan fingerprint density at radius 3 is 2.67 bits per heavy atom. The lowest BCUT2D eigenvalue weighted by Gasteiger charge is -2.19. The van der Waals surface area contributed by atoms with E-state index in [4.69, 9.17) is 4.74 Å². The molecule has 0 radical (unpaired) electrons. The first-order valence-corrected chi connectivity index (χ1v) is 8.39. The van der Waals surface area contributed by atoms with Crippen LogP contribution in [0.15, 0.2) is 30.3 Å². The van der Waals surface area contributed by atoms with Crippen LogP contribution < -0.4 is 10.1 Å².